The minimum Gasteiger partial charge on any atom is -0.0687 e. The van der Waals surface area contributed by atoms with Crippen LogP contribution in [0.1, 0.15) is 154 Å². The smallest absolute Gasteiger partial charge is 0.0577 e. The summed E-state index contributed by atoms with van der Waals surface area (Å²) in [6.07, 6.45) is 13.2. The molecule has 0 amide bonds. The van der Waals surface area contributed by atoms with E-state index in [4.69, 9.17) is 0 Å². The molecule has 1 heteroatoms. The van der Waals surface area contributed by atoms with E-state index in [1.165, 1.54) is 68.9 Å². The van der Waals surface area contributed by atoms with Crippen LogP contribution < -0.4 is 0 Å². The Morgan fingerprint density at radius 2 is 0.956 bits per heavy atom. The first kappa shape index (κ1) is 33.6. The zero-order chi connectivity index (χ0) is 32.3. The zero-order valence-electron chi connectivity index (χ0n) is 31.0. The van der Waals surface area contributed by atoms with E-state index in [0.29, 0.717) is 0 Å². The van der Waals surface area contributed by atoms with Crippen LogP contribution in [0.3, 0.4) is 0 Å². The average Bonchev–Trinajstić information content (AvgIpc) is 3.52. The molecule has 248 valence electrons. The molecule has 0 heterocycles. The molecule has 45 heavy (non-hydrogen) atoms. The number of benzene rings is 2. The van der Waals surface area contributed by atoms with Gasteiger partial charge in [0, 0.05) is 0 Å². The second-order valence-corrected chi connectivity index (χ2v) is 24.1. The predicted molar refractivity (Wildman–Crippen MR) is 199 cm³/mol. The Kier molecular flexibility index (Phi) is 9.39. The van der Waals surface area contributed by atoms with Gasteiger partial charge in [-0.1, -0.05) is 156 Å². The molecule has 4 aliphatic carbocycles. The van der Waals surface area contributed by atoms with Gasteiger partial charge in [-0.25, -0.2) is 0 Å². The van der Waals surface area contributed by atoms with Crippen LogP contribution in [0.4, 0.5) is 0 Å². The van der Waals surface area contributed by atoms with Crippen molar-refractivity contribution in [3.8, 4) is 0 Å². The Morgan fingerprint density at radius 3 is 1.29 bits per heavy atom. The van der Waals surface area contributed by atoms with Crippen molar-refractivity contribution >= 4 is 8.07 Å². The first-order valence-corrected chi connectivity index (χ1v) is 22.3. The van der Waals surface area contributed by atoms with E-state index in [0.717, 1.165) is 58.4 Å². The molecule has 0 bridgehead atoms. The van der Waals surface area contributed by atoms with Crippen molar-refractivity contribution in [1.29, 1.82) is 0 Å². The van der Waals surface area contributed by atoms with Crippen molar-refractivity contribution < 1.29 is 0 Å². The fraction of sp³-hybridized carbons (Fsp3) is 0.727. The molecule has 4 fully saturated rings. The predicted octanol–water partition coefficient (Wildman–Crippen LogP) is 13.3. The molecule has 0 N–H and O–H groups in total. The number of hydrogen-bond donors (Lipinski definition) is 0. The van der Waals surface area contributed by atoms with Crippen LogP contribution in [-0.2, 0) is 10.8 Å². The van der Waals surface area contributed by atoms with Crippen LogP contribution in [-0.4, -0.2) is 8.07 Å². The maximum atomic E-state index is 2.98. The molecule has 0 aromatic heterocycles. The van der Waals surface area contributed by atoms with Crippen LogP contribution in [0.5, 0.6) is 0 Å². The molecule has 6 rings (SSSR count). The molecule has 4 saturated carbocycles. The lowest BCUT2D eigenvalue weighted by Gasteiger charge is -2.51. The first-order chi connectivity index (χ1) is 21.2. The van der Waals surface area contributed by atoms with Crippen molar-refractivity contribution in [2.45, 2.75) is 166 Å². The average molecular weight is 625 g/mol. The molecule has 2 aromatic carbocycles. The topological polar surface area (TPSA) is 0 Å². The van der Waals surface area contributed by atoms with Crippen molar-refractivity contribution in [2.75, 3.05) is 0 Å². The van der Waals surface area contributed by atoms with E-state index in [1.807, 2.05) is 0 Å². The normalized spacial score (nSPS) is 36.8. The highest BCUT2D eigenvalue weighted by molar-refractivity contribution is 6.81. The third-order valence-electron chi connectivity index (χ3n) is 14.4. The largest absolute Gasteiger partial charge is 0.0687 e. The Hall–Kier alpha value is -1.34. The lowest BCUT2D eigenvalue weighted by Crippen LogP contribution is -2.49. The Labute approximate surface area is 280 Å². The minimum atomic E-state index is -1.55. The summed E-state index contributed by atoms with van der Waals surface area (Å²) < 4.78 is 0. The molecule has 0 nitrogen and oxygen atoms in total. The number of hydrogen-bond acceptors (Lipinski definition) is 0. The van der Waals surface area contributed by atoms with Gasteiger partial charge in [0.05, 0.1) is 8.07 Å². The molecular formula is C44H68Si. The molecular weight excluding hydrogens is 557 g/mol. The van der Waals surface area contributed by atoms with Crippen LogP contribution in [0.15, 0.2) is 48.5 Å². The molecule has 0 aliphatic heterocycles. The summed E-state index contributed by atoms with van der Waals surface area (Å²) in [6, 6.07) is 21.6. The van der Waals surface area contributed by atoms with Gasteiger partial charge >= 0.3 is 0 Å². The summed E-state index contributed by atoms with van der Waals surface area (Å²) in [5, 5.41) is 0. The fourth-order valence-electron chi connectivity index (χ4n) is 12.8. The second kappa shape index (κ2) is 12.6. The maximum absolute atomic E-state index is 2.98. The molecule has 0 radical (unpaired) electrons. The van der Waals surface area contributed by atoms with Gasteiger partial charge in [0.25, 0.3) is 0 Å². The Bertz CT molecular complexity index is 1180. The fourth-order valence-corrected chi connectivity index (χ4v) is 20.7. The van der Waals surface area contributed by atoms with Crippen LogP contribution in [0, 0.1) is 35.5 Å². The molecule has 0 saturated heterocycles. The van der Waals surface area contributed by atoms with E-state index in [1.54, 1.807) is 17.2 Å². The lowest BCUT2D eigenvalue weighted by molar-refractivity contribution is 0.226. The second-order valence-electron chi connectivity index (χ2n) is 19.2. The van der Waals surface area contributed by atoms with Gasteiger partial charge in [-0.3, -0.25) is 0 Å². The highest BCUT2D eigenvalue weighted by Crippen LogP contribution is 2.68. The molecule has 0 spiro atoms. The van der Waals surface area contributed by atoms with Gasteiger partial charge in [-0.15, -0.1) is 0 Å². The first-order valence-electron chi connectivity index (χ1n) is 19.4. The third kappa shape index (κ3) is 6.20. The van der Waals surface area contributed by atoms with Crippen molar-refractivity contribution in [3.05, 3.63) is 70.8 Å². The Balaban J connectivity index is 1.28. The van der Waals surface area contributed by atoms with E-state index < -0.39 is 8.07 Å². The summed E-state index contributed by atoms with van der Waals surface area (Å²) in [7, 11) is -1.55. The van der Waals surface area contributed by atoms with Crippen molar-refractivity contribution in [2.24, 2.45) is 35.5 Å². The molecule has 10 unspecified atom stereocenters. The quantitative estimate of drug-likeness (QED) is 0.280. The highest BCUT2D eigenvalue weighted by atomic mass is 28.3. The van der Waals surface area contributed by atoms with Crippen molar-refractivity contribution in [3.63, 3.8) is 0 Å². The van der Waals surface area contributed by atoms with Gasteiger partial charge in [-0.2, -0.15) is 0 Å². The monoisotopic (exact) mass is 625 g/mol. The standard InChI is InChI=1S/C44H68Si/c1-11-26-45(10,41-29(2)27-39-35(14-12-16-37(39)41)31-18-22-33(23-19-31)43(4,5)6)42-30(3)28-40-36(15-13-17-38(40)42)32-20-24-34(25-21-32)44(7,8)9/h18-25,29-30,35-42H,11-17,26-28H2,1-10H3. The summed E-state index contributed by atoms with van der Waals surface area (Å²) in [4.78, 5) is 0. The van der Waals surface area contributed by atoms with Gasteiger partial charge < -0.3 is 0 Å². The number of rotatable bonds is 6. The Morgan fingerprint density at radius 1 is 0.578 bits per heavy atom. The SMILES string of the molecule is CCC[Si](C)(C1C(C)CC2C(c3ccc(C(C)(C)C)cc3)CCCC21)C1C(C)CC2C(c3ccc(C(C)(C)C)cc3)CCCC21. The van der Waals surface area contributed by atoms with E-state index >= 15 is 0 Å². The lowest BCUT2D eigenvalue weighted by atomic mass is 9.70. The third-order valence-corrected chi connectivity index (χ3v) is 21.0. The molecule has 10 atom stereocenters. The zero-order valence-corrected chi connectivity index (χ0v) is 32.0. The van der Waals surface area contributed by atoms with Crippen LogP contribution in [0.2, 0.25) is 23.7 Å². The van der Waals surface area contributed by atoms with Gasteiger partial charge in [-0.05, 0) is 117 Å². The van der Waals surface area contributed by atoms with E-state index in [9.17, 15) is 0 Å². The number of fused-ring (bicyclic) bond motifs is 2. The summed E-state index contributed by atoms with van der Waals surface area (Å²) in [5.74, 6) is 7.16. The van der Waals surface area contributed by atoms with Gasteiger partial charge in [0.1, 0.15) is 0 Å². The summed E-state index contributed by atoms with van der Waals surface area (Å²) in [6.45, 7) is 25.1. The van der Waals surface area contributed by atoms with Crippen LogP contribution >= 0.6 is 0 Å². The molecule has 4 aliphatic rings. The van der Waals surface area contributed by atoms with Gasteiger partial charge in [0.15, 0.2) is 0 Å². The summed E-state index contributed by atoms with van der Waals surface area (Å²) >= 11 is 0. The van der Waals surface area contributed by atoms with Crippen molar-refractivity contribution in [1.82, 2.24) is 0 Å². The van der Waals surface area contributed by atoms with E-state index in [-0.39, 0.29) is 10.8 Å². The minimum absolute atomic E-state index is 0.234. The maximum Gasteiger partial charge on any atom is 0.0577 e. The van der Waals surface area contributed by atoms with Gasteiger partial charge in [0.2, 0.25) is 0 Å². The van der Waals surface area contributed by atoms with E-state index in [2.05, 4.69) is 117 Å². The summed E-state index contributed by atoms with van der Waals surface area (Å²) in [5.41, 5.74) is 8.81. The highest BCUT2D eigenvalue weighted by Gasteiger charge is 2.60. The molecule has 2 aromatic rings. The van der Waals surface area contributed by atoms with Crippen LogP contribution in [0.25, 0.3) is 0 Å².